The standard InChI is InChI=1S/C14H18BrClN4.CH2O2/c1-7(2)8-3-4-9(5-8)14-19-12(15)11-13(17)18-6-10(16)20(11)14;2-1-3/h6-9H,3-5H2,1-2H3,(H2,17,18);1H,(H,2,3)/t8?,9-;/m0./s1. The highest BCUT2D eigenvalue weighted by Crippen LogP contribution is 2.42. The molecule has 0 amide bonds. The second-order valence-corrected chi connectivity index (χ2v) is 7.17. The number of imidazole rings is 1. The average molecular weight is 404 g/mol. The molecule has 0 aliphatic heterocycles. The van der Waals surface area contributed by atoms with E-state index in [0.29, 0.717) is 16.9 Å². The van der Waals surface area contributed by atoms with Crippen molar-refractivity contribution in [1.82, 2.24) is 14.4 Å². The van der Waals surface area contributed by atoms with Crippen LogP contribution in [-0.2, 0) is 4.79 Å². The van der Waals surface area contributed by atoms with Crippen LogP contribution >= 0.6 is 27.5 Å². The van der Waals surface area contributed by atoms with Crippen LogP contribution in [-0.4, -0.2) is 25.9 Å². The zero-order valence-electron chi connectivity index (χ0n) is 13.0. The summed E-state index contributed by atoms with van der Waals surface area (Å²) >= 11 is 9.79. The van der Waals surface area contributed by atoms with Crippen LogP contribution in [0.15, 0.2) is 10.8 Å². The highest BCUT2D eigenvalue weighted by molar-refractivity contribution is 9.10. The zero-order valence-corrected chi connectivity index (χ0v) is 15.4. The lowest BCUT2D eigenvalue weighted by atomic mass is 9.93. The molecule has 8 heteroatoms. The fourth-order valence-electron chi connectivity index (χ4n) is 3.22. The summed E-state index contributed by atoms with van der Waals surface area (Å²) in [7, 11) is 0. The van der Waals surface area contributed by atoms with Crippen LogP contribution in [0.4, 0.5) is 5.82 Å². The number of hydrogen-bond donors (Lipinski definition) is 2. The number of rotatable bonds is 2. The average Bonchev–Trinajstić information content (AvgIpc) is 3.09. The summed E-state index contributed by atoms with van der Waals surface area (Å²) < 4.78 is 2.68. The number of aromatic nitrogens is 3. The van der Waals surface area contributed by atoms with E-state index in [4.69, 9.17) is 27.2 Å². The van der Waals surface area contributed by atoms with E-state index in [9.17, 15) is 0 Å². The van der Waals surface area contributed by atoms with Gasteiger partial charge in [-0.3, -0.25) is 9.20 Å². The molecule has 0 radical (unpaired) electrons. The van der Waals surface area contributed by atoms with Crippen molar-refractivity contribution in [3.05, 3.63) is 21.8 Å². The van der Waals surface area contributed by atoms with Gasteiger partial charge in [0, 0.05) is 5.92 Å². The minimum atomic E-state index is -0.250. The predicted molar refractivity (Wildman–Crippen MR) is 93.7 cm³/mol. The fraction of sp³-hybridized carbons (Fsp3) is 0.533. The lowest BCUT2D eigenvalue weighted by Gasteiger charge is -2.14. The number of halogens is 2. The van der Waals surface area contributed by atoms with Crippen molar-refractivity contribution in [3.8, 4) is 0 Å². The van der Waals surface area contributed by atoms with Crippen LogP contribution in [0.25, 0.3) is 5.52 Å². The number of nitrogen functional groups attached to an aromatic ring is 1. The molecule has 1 fully saturated rings. The van der Waals surface area contributed by atoms with Crippen molar-refractivity contribution in [2.75, 3.05) is 5.73 Å². The summed E-state index contributed by atoms with van der Waals surface area (Å²) in [5.74, 6) is 3.40. The number of carboxylic acid groups (broad SMARTS) is 1. The lowest BCUT2D eigenvalue weighted by molar-refractivity contribution is -0.122. The van der Waals surface area contributed by atoms with Gasteiger partial charge >= 0.3 is 0 Å². The third-order valence-electron chi connectivity index (χ3n) is 4.41. The van der Waals surface area contributed by atoms with Gasteiger partial charge in [-0.15, -0.1) is 0 Å². The number of fused-ring (bicyclic) bond motifs is 1. The summed E-state index contributed by atoms with van der Waals surface area (Å²) in [5, 5.41) is 7.45. The zero-order chi connectivity index (χ0) is 17.1. The molecule has 2 atom stereocenters. The number of carbonyl (C=O) groups is 1. The molecule has 6 nitrogen and oxygen atoms in total. The van der Waals surface area contributed by atoms with E-state index in [0.717, 1.165) is 34.2 Å². The van der Waals surface area contributed by atoms with Crippen molar-refractivity contribution < 1.29 is 9.90 Å². The fourth-order valence-corrected chi connectivity index (χ4v) is 4.00. The van der Waals surface area contributed by atoms with Gasteiger partial charge in [-0.25, -0.2) is 9.97 Å². The van der Waals surface area contributed by atoms with Crippen molar-refractivity contribution >= 4 is 45.3 Å². The first-order chi connectivity index (χ1) is 10.9. The third kappa shape index (κ3) is 3.61. The number of nitrogens with zero attached hydrogens (tertiary/aromatic N) is 3. The van der Waals surface area contributed by atoms with Crippen LogP contribution in [0.1, 0.15) is 44.9 Å². The maximum Gasteiger partial charge on any atom is 0.290 e. The second kappa shape index (κ2) is 7.49. The molecule has 2 aromatic heterocycles. The maximum absolute atomic E-state index is 8.36. The molecule has 1 unspecified atom stereocenters. The molecular formula is C15H20BrClN4O2. The van der Waals surface area contributed by atoms with Gasteiger partial charge in [0.25, 0.3) is 6.47 Å². The van der Waals surface area contributed by atoms with Crippen LogP contribution in [0.2, 0.25) is 5.15 Å². The van der Waals surface area contributed by atoms with Crippen LogP contribution < -0.4 is 5.73 Å². The van der Waals surface area contributed by atoms with E-state index in [2.05, 4.69) is 39.7 Å². The first-order valence-electron chi connectivity index (χ1n) is 7.46. The summed E-state index contributed by atoms with van der Waals surface area (Å²) in [6.45, 7) is 4.34. The van der Waals surface area contributed by atoms with E-state index in [-0.39, 0.29) is 6.47 Å². The molecule has 2 heterocycles. The molecule has 2 aromatic rings. The number of anilines is 1. The Morgan fingerprint density at radius 3 is 2.74 bits per heavy atom. The van der Waals surface area contributed by atoms with E-state index < -0.39 is 0 Å². The SMILES string of the molecule is CC(C)C1CC[C@H](c2nc(Br)c3c(N)ncc(Cl)n23)C1.O=CO. The first-order valence-corrected chi connectivity index (χ1v) is 8.63. The van der Waals surface area contributed by atoms with Gasteiger partial charge in [-0.1, -0.05) is 25.4 Å². The van der Waals surface area contributed by atoms with Gasteiger partial charge in [0.15, 0.2) is 5.82 Å². The maximum atomic E-state index is 8.36. The highest BCUT2D eigenvalue weighted by atomic mass is 79.9. The summed E-state index contributed by atoms with van der Waals surface area (Å²) in [4.78, 5) is 17.1. The molecule has 1 aliphatic rings. The molecule has 3 N–H and O–H groups in total. The molecule has 1 aliphatic carbocycles. The molecule has 23 heavy (non-hydrogen) atoms. The Kier molecular flexibility index (Phi) is 5.86. The van der Waals surface area contributed by atoms with Crippen LogP contribution in [0.3, 0.4) is 0 Å². The van der Waals surface area contributed by atoms with Crippen LogP contribution in [0.5, 0.6) is 0 Å². The molecule has 0 spiro atoms. The highest BCUT2D eigenvalue weighted by Gasteiger charge is 2.31. The Morgan fingerprint density at radius 1 is 1.52 bits per heavy atom. The quantitative estimate of drug-likeness (QED) is 0.740. The molecule has 0 aromatic carbocycles. The Labute approximate surface area is 148 Å². The lowest BCUT2D eigenvalue weighted by Crippen LogP contribution is -2.06. The van der Waals surface area contributed by atoms with Gasteiger partial charge in [-0.2, -0.15) is 0 Å². The smallest absolute Gasteiger partial charge is 0.290 e. The van der Waals surface area contributed by atoms with E-state index in [1.54, 1.807) is 6.20 Å². The Balaban J connectivity index is 0.000000595. The van der Waals surface area contributed by atoms with E-state index >= 15 is 0 Å². The molecular weight excluding hydrogens is 384 g/mol. The topological polar surface area (TPSA) is 93.5 Å². The van der Waals surface area contributed by atoms with Gasteiger partial charge in [0.05, 0.1) is 6.20 Å². The Morgan fingerprint density at radius 2 is 2.17 bits per heavy atom. The Hall–Kier alpha value is -1.34. The largest absolute Gasteiger partial charge is 0.483 e. The van der Waals surface area contributed by atoms with E-state index in [1.807, 2.05) is 4.40 Å². The molecule has 0 saturated heterocycles. The van der Waals surface area contributed by atoms with Crippen molar-refractivity contribution in [1.29, 1.82) is 0 Å². The van der Waals surface area contributed by atoms with E-state index in [1.165, 1.54) is 12.8 Å². The number of hydrogen-bond acceptors (Lipinski definition) is 4. The van der Waals surface area contributed by atoms with Gasteiger partial charge in [0.2, 0.25) is 0 Å². The molecule has 3 rings (SSSR count). The van der Waals surface area contributed by atoms with Gasteiger partial charge in [-0.05, 0) is 47.0 Å². The van der Waals surface area contributed by atoms with Crippen molar-refractivity contribution in [2.24, 2.45) is 11.8 Å². The first kappa shape index (κ1) is 18.0. The van der Waals surface area contributed by atoms with Crippen LogP contribution in [0, 0.1) is 11.8 Å². The minimum absolute atomic E-state index is 0.250. The molecule has 1 saturated carbocycles. The van der Waals surface area contributed by atoms with Crippen molar-refractivity contribution in [3.63, 3.8) is 0 Å². The normalized spacial score (nSPS) is 20.6. The van der Waals surface area contributed by atoms with Crippen molar-refractivity contribution in [2.45, 2.75) is 39.0 Å². The minimum Gasteiger partial charge on any atom is -0.483 e. The summed E-state index contributed by atoms with van der Waals surface area (Å²) in [5.41, 5.74) is 6.73. The van der Waals surface area contributed by atoms with Gasteiger partial charge < -0.3 is 10.8 Å². The summed E-state index contributed by atoms with van der Waals surface area (Å²) in [6.07, 6.45) is 5.18. The second-order valence-electron chi connectivity index (χ2n) is 6.03. The third-order valence-corrected chi connectivity index (χ3v) is 5.23. The molecule has 126 valence electrons. The predicted octanol–water partition coefficient (Wildman–Crippen LogP) is 3.97. The summed E-state index contributed by atoms with van der Waals surface area (Å²) in [6, 6.07) is 0. The monoisotopic (exact) mass is 402 g/mol. The van der Waals surface area contributed by atoms with Gasteiger partial charge in [0.1, 0.15) is 21.1 Å². The number of nitrogens with two attached hydrogens (primary N) is 1. The molecule has 0 bridgehead atoms. The Bertz CT molecular complexity index is 704.